The lowest BCUT2D eigenvalue weighted by atomic mass is 10.1. The predicted molar refractivity (Wildman–Crippen MR) is 74.9 cm³/mol. The first-order chi connectivity index (χ1) is 9.11. The van der Waals surface area contributed by atoms with Gasteiger partial charge in [0, 0.05) is 24.8 Å². The quantitative estimate of drug-likeness (QED) is 0.582. The van der Waals surface area contributed by atoms with E-state index in [1.54, 1.807) is 12.3 Å². The summed E-state index contributed by atoms with van der Waals surface area (Å²) in [5, 5.41) is 24.8. The fourth-order valence-corrected chi connectivity index (χ4v) is 3.06. The third kappa shape index (κ3) is 2.87. The van der Waals surface area contributed by atoms with Crippen LogP contribution in [0.25, 0.3) is 0 Å². The standard InChI is InChI=1S/C12H19N3O3S/c1-19-12(11(17)18)13-6-5-10(15-12)14-9-4-2-3-8(9)7-16/h5-6,8-9,14-16H,2-4,7H2,1H3,(H,17,18)/t8-,9-,12?/m1/s1. The Labute approximate surface area is 116 Å². The molecule has 2 rings (SSSR count). The number of aliphatic imine (C=N–C) groups is 1. The highest BCUT2D eigenvalue weighted by Crippen LogP contribution is 2.28. The van der Waals surface area contributed by atoms with Crippen LogP contribution in [0.15, 0.2) is 16.9 Å². The van der Waals surface area contributed by atoms with Crippen LogP contribution in [-0.2, 0) is 4.79 Å². The minimum atomic E-state index is -1.36. The summed E-state index contributed by atoms with van der Waals surface area (Å²) >= 11 is 1.13. The van der Waals surface area contributed by atoms with Gasteiger partial charge in [0.1, 0.15) is 5.82 Å². The van der Waals surface area contributed by atoms with Crippen LogP contribution in [0.1, 0.15) is 19.3 Å². The Balaban J connectivity index is 2.04. The van der Waals surface area contributed by atoms with Crippen LogP contribution in [0.5, 0.6) is 0 Å². The number of aliphatic carboxylic acids is 1. The van der Waals surface area contributed by atoms with Gasteiger partial charge in [0.25, 0.3) is 4.99 Å². The number of thioether (sulfide) groups is 1. The summed E-state index contributed by atoms with van der Waals surface area (Å²) in [6, 6.07) is 0.184. The van der Waals surface area contributed by atoms with Gasteiger partial charge >= 0.3 is 5.97 Å². The first kappa shape index (κ1) is 14.2. The lowest BCUT2D eigenvalue weighted by Gasteiger charge is -2.31. The van der Waals surface area contributed by atoms with Crippen molar-refractivity contribution in [3.8, 4) is 0 Å². The van der Waals surface area contributed by atoms with Gasteiger partial charge in [-0.15, -0.1) is 11.8 Å². The Morgan fingerprint density at radius 3 is 3.11 bits per heavy atom. The molecule has 1 aliphatic heterocycles. The van der Waals surface area contributed by atoms with Gasteiger partial charge in [-0.2, -0.15) is 0 Å². The number of carboxylic acids is 1. The molecule has 4 N–H and O–H groups in total. The topological polar surface area (TPSA) is 94.0 Å². The van der Waals surface area contributed by atoms with E-state index in [0.717, 1.165) is 31.0 Å². The molecule has 0 aromatic carbocycles. The van der Waals surface area contributed by atoms with Crippen LogP contribution in [0.4, 0.5) is 0 Å². The molecule has 2 aliphatic rings. The highest BCUT2D eigenvalue weighted by molar-refractivity contribution is 8.00. The molecule has 1 fully saturated rings. The summed E-state index contributed by atoms with van der Waals surface area (Å²) in [7, 11) is 0. The molecule has 19 heavy (non-hydrogen) atoms. The fourth-order valence-electron chi connectivity index (χ4n) is 2.50. The minimum absolute atomic E-state index is 0.158. The van der Waals surface area contributed by atoms with Crippen LogP contribution in [0.3, 0.4) is 0 Å². The second-order valence-electron chi connectivity index (χ2n) is 4.76. The maximum atomic E-state index is 11.3. The normalized spacial score (nSPS) is 33.7. The minimum Gasteiger partial charge on any atom is -0.477 e. The fraction of sp³-hybridized carbons (Fsp3) is 0.667. The van der Waals surface area contributed by atoms with Crippen LogP contribution in [0.2, 0.25) is 0 Å². The molecular formula is C12H19N3O3S. The summed E-state index contributed by atoms with van der Waals surface area (Å²) in [5.41, 5.74) is 0. The number of allylic oxidation sites excluding steroid dienone is 1. The SMILES string of the molecule is CSC1(C(=O)O)N=CC=C(N[C@@H]2CCC[C@@H]2CO)N1. The zero-order valence-electron chi connectivity index (χ0n) is 10.8. The van der Waals surface area contributed by atoms with E-state index in [1.807, 2.05) is 0 Å². The molecule has 1 saturated carbocycles. The molecule has 0 amide bonds. The molecular weight excluding hydrogens is 266 g/mol. The Hall–Kier alpha value is -1.21. The van der Waals surface area contributed by atoms with Crippen molar-refractivity contribution in [3.63, 3.8) is 0 Å². The zero-order chi connectivity index (χ0) is 13.9. The van der Waals surface area contributed by atoms with Crippen LogP contribution >= 0.6 is 11.8 Å². The smallest absolute Gasteiger partial charge is 0.363 e. The van der Waals surface area contributed by atoms with Crippen molar-refractivity contribution >= 4 is 23.9 Å². The summed E-state index contributed by atoms with van der Waals surface area (Å²) in [6.07, 6.45) is 8.00. The van der Waals surface area contributed by atoms with Gasteiger partial charge in [0.2, 0.25) is 0 Å². The molecule has 3 atom stereocenters. The van der Waals surface area contributed by atoms with Crippen molar-refractivity contribution < 1.29 is 15.0 Å². The summed E-state index contributed by atoms with van der Waals surface area (Å²) < 4.78 is 0. The van der Waals surface area contributed by atoms with E-state index in [4.69, 9.17) is 0 Å². The number of carbonyl (C=O) groups is 1. The first-order valence-corrected chi connectivity index (χ1v) is 7.53. The Morgan fingerprint density at radius 2 is 2.47 bits per heavy atom. The molecule has 0 saturated heterocycles. The lowest BCUT2D eigenvalue weighted by Crippen LogP contribution is -2.52. The van der Waals surface area contributed by atoms with Crippen LogP contribution < -0.4 is 10.6 Å². The van der Waals surface area contributed by atoms with Crippen LogP contribution in [-0.4, -0.2) is 46.3 Å². The van der Waals surface area contributed by atoms with Gasteiger partial charge in [0.15, 0.2) is 0 Å². The van der Waals surface area contributed by atoms with E-state index in [-0.39, 0.29) is 18.6 Å². The van der Waals surface area contributed by atoms with E-state index in [9.17, 15) is 15.0 Å². The maximum Gasteiger partial charge on any atom is 0.363 e. The van der Waals surface area contributed by atoms with Crippen LogP contribution in [0, 0.1) is 5.92 Å². The third-order valence-corrected chi connectivity index (χ3v) is 4.59. The number of hydrogen-bond acceptors (Lipinski definition) is 6. The number of aliphatic hydroxyl groups is 1. The van der Waals surface area contributed by atoms with Gasteiger partial charge in [-0.25, -0.2) is 9.79 Å². The summed E-state index contributed by atoms with van der Waals surface area (Å²) in [6.45, 7) is 0.158. The molecule has 1 unspecified atom stereocenters. The molecule has 6 nitrogen and oxygen atoms in total. The number of hydrogen-bond donors (Lipinski definition) is 4. The number of nitrogens with one attached hydrogen (secondary N) is 2. The highest BCUT2D eigenvalue weighted by Gasteiger charge is 2.39. The van der Waals surface area contributed by atoms with Crippen molar-refractivity contribution in [1.29, 1.82) is 0 Å². The Bertz CT molecular complexity index is 413. The van der Waals surface area contributed by atoms with E-state index in [0.29, 0.717) is 5.82 Å². The second kappa shape index (κ2) is 5.83. The largest absolute Gasteiger partial charge is 0.477 e. The average Bonchev–Trinajstić information content (AvgIpc) is 2.86. The van der Waals surface area contributed by atoms with Crippen molar-refractivity contribution in [3.05, 3.63) is 11.9 Å². The highest BCUT2D eigenvalue weighted by atomic mass is 32.2. The molecule has 0 bridgehead atoms. The third-order valence-electron chi connectivity index (χ3n) is 3.62. The molecule has 0 aromatic rings. The molecule has 106 valence electrons. The zero-order valence-corrected chi connectivity index (χ0v) is 11.6. The Kier molecular flexibility index (Phi) is 4.36. The monoisotopic (exact) mass is 285 g/mol. The number of rotatable bonds is 5. The molecule has 0 aromatic heterocycles. The number of nitrogens with zero attached hydrogens (tertiary/aromatic N) is 1. The number of aliphatic hydroxyl groups excluding tert-OH is 1. The first-order valence-electron chi connectivity index (χ1n) is 6.31. The molecule has 0 spiro atoms. The maximum absolute atomic E-state index is 11.3. The Morgan fingerprint density at radius 1 is 1.68 bits per heavy atom. The van der Waals surface area contributed by atoms with Gasteiger partial charge in [-0.3, -0.25) is 0 Å². The predicted octanol–water partition coefficient (Wildman–Crippen LogP) is 0.354. The van der Waals surface area contributed by atoms with Gasteiger partial charge in [-0.1, -0.05) is 6.42 Å². The van der Waals surface area contributed by atoms with Gasteiger partial charge in [-0.05, 0) is 25.2 Å². The van der Waals surface area contributed by atoms with Crippen molar-refractivity contribution in [1.82, 2.24) is 10.6 Å². The van der Waals surface area contributed by atoms with E-state index in [1.165, 1.54) is 6.21 Å². The van der Waals surface area contributed by atoms with Crippen molar-refractivity contribution in [2.24, 2.45) is 10.9 Å². The lowest BCUT2D eigenvalue weighted by molar-refractivity contribution is -0.140. The van der Waals surface area contributed by atoms with E-state index >= 15 is 0 Å². The van der Waals surface area contributed by atoms with E-state index in [2.05, 4.69) is 15.6 Å². The number of carboxylic acid groups (broad SMARTS) is 1. The second-order valence-corrected chi connectivity index (χ2v) is 5.76. The van der Waals surface area contributed by atoms with E-state index < -0.39 is 11.0 Å². The van der Waals surface area contributed by atoms with Gasteiger partial charge < -0.3 is 20.8 Å². The molecule has 0 radical (unpaired) electrons. The van der Waals surface area contributed by atoms with Crippen molar-refractivity contribution in [2.45, 2.75) is 30.3 Å². The molecule has 7 heteroatoms. The average molecular weight is 285 g/mol. The summed E-state index contributed by atoms with van der Waals surface area (Å²) in [4.78, 5) is 14.0. The molecule has 1 heterocycles. The van der Waals surface area contributed by atoms with Gasteiger partial charge in [0.05, 0.1) is 0 Å². The summed E-state index contributed by atoms with van der Waals surface area (Å²) in [5.74, 6) is -0.138. The van der Waals surface area contributed by atoms with Crippen molar-refractivity contribution in [2.75, 3.05) is 12.9 Å². The molecule has 1 aliphatic carbocycles.